The van der Waals surface area contributed by atoms with Crippen molar-refractivity contribution < 1.29 is 19.4 Å². The maximum Gasteiger partial charge on any atom is 0.314 e. The number of carbonyl (C=O) groups is 2. The van der Waals surface area contributed by atoms with E-state index in [0.29, 0.717) is 6.42 Å². The molecule has 0 radical (unpaired) electrons. The molecule has 0 spiro atoms. The Labute approximate surface area is 172 Å². The molecule has 0 saturated carbocycles. The Kier molecular flexibility index (Phi) is 7.93. The van der Waals surface area contributed by atoms with Gasteiger partial charge in [0.1, 0.15) is 0 Å². The van der Waals surface area contributed by atoms with Crippen LogP contribution in [0.25, 0.3) is 11.1 Å². The smallest absolute Gasteiger partial charge is 0.314 e. The van der Waals surface area contributed by atoms with E-state index in [2.05, 4.69) is 12.1 Å². The van der Waals surface area contributed by atoms with Gasteiger partial charge in [0.05, 0.1) is 12.0 Å². The molecule has 29 heavy (non-hydrogen) atoms. The highest BCUT2D eigenvalue weighted by Gasteiger charge is 2.36. The van der Waals surface area contributed by atoms with Gasteiger partial charge in [-0.05, 0) is 36.5 Å². The highest BCUT2D eigenvalue weighted by Crippen LogP contribution is 2.26. The zero-order chi connectivity index (χ0) is 21.4. The van der Waals surface area contributed by atoms with E-state index in [1.54, 1.807) is 21.0 Å². The topological polar surface area (TPSA) is 92.9 Å². The third-order valence-corrected chi connectivity index (χ3v) is 4.94. The van der Waals surface area contributed by atoms with Crippen molar-refractivity contribution in [3.63, 3.8) is 0 Å². The maximum absolute atomic E-state index is 12.4. The molecule has 0 aliphatic heterocycles. The van der Waals surface area contributed by atoms with Crippen LogP contribution in [0.5, 0.6) is 0 Å². The Morgan fingerprint density at radius 1 is 1.07 bits per heavy atom. The van der Waals surface area contributed by atoms with Crippen LogP contribution >= 0.6 is 0 Å². The molecular formula is C23H30N2O4. The highest BCUT2D eigenvalue weighted by atomic mass is 16.5. The molecule has 0 unspecified atom stereocenters. The van der Waals surface area contributed by atoms with E-state index >= 15 is 0 Å². The Bertz CT molecular complexity index is 805. The molecule has 0 aliphatic rings. The number of nitrogens with two attached hydrogens (primary N) is 1. The van der Waals surface area contributed by atoms with Crippen molar-refractivity contribution >= 4 is 11.9 Å². The summed E-state index contributed by atoms with van der Waals surface area (Å²) < 4.78 is 5.09. The first-order chi connectivity index (χ1) is 13.7. The summed E-state index contributed by atoms with van der Waals surface area (Å²) in [4.78, 5) is 25.4. The second kappa shape index (κ2) is 10.2. The van der Waals surface area contributed by atoms with E-state index in [1.165, 1.54) is 4.90 Å². The molecule has 6 nitrogen and oxygen atoms in total. The number of amides is 1. The van der Waals surface area contributed by atoms with Crippen molar-refractivity contribution in [2.45, 2.75) is 25.8 Å². The maximum atomic E-state index is 12.4. The molecule has 2 atom stereocenters. The third kappa shape index (κ3) is 6.41. The van der Waals surface area contributed by atoms with Crippen molar-refractivity contribution in [2.24, 2.45) is 11.1 Å². The van der Waals surface area contributed by atoms with Gasteiger partial charge < -0.3 is 20.5 Å². The molecule has 1 amide bonds. The minimum absolute atomic E-state index is 0.249. The van der Waals surface area contributed by atoms with Gasteiger partial charge in [0, 0.05) is 20.1 Å². The van der Waals surface area contributed by atoms with Crippen molar-refractivity contribution in [1.82, 2.24) is 4.90 Å². The van der Waals surface area contributed by atoms with Crippen LogP contribution in [0.15, 0.2) is 54.6 Å². The molecule has 0 fully saturated rings. The zero-order valence-electron chi connectivity index (χ0n) is 17.3. The Morgan fingerprint density at radius 2 is 1.66 bits per heavy atom. The van der Waals surface area contributed by atoms with Crippen molar-refractivity contribution in [2.75, 3.05) is 27.3 Å². The fourth-order valence-corrected chi connectivity index (χ4v) is 3.06. The summed E-state index contributed by atoms with van der Waals surface area (Å²) in [6.45, 7) is 0.855. The van der Waals surface area contributed by atoms with Crippen LogP contribution in [0.4, 0.5) is 0 Å². The van der Waals surface area contributed by atoms with Crippen LogP contribution in [-0.4, -0.2) is 55.2 Å². The number of esters is 1. The Hall–Kier alpha value is -2.70. The molecule has 0 bridgehead atoms. The van der Waals surface area contributed by atoms with E-state index in [1.807, 2.05) is 42.5 Å². The van der Waals surface area contributed by atoms with Gasteiger partial charge >= 0.3 is 5.97 Å². The summed E-state index contributed by atoms with van der Waals surface area (Å²) in [6, 6.07) is 17.9. The number of likely N-dealkylation sites (N-methyl/N-ethyl adjacent to an activating group) is 1. The van der Waals surface area contributed by atoms with Crippen LogP contribution in [-0.2, 0) is 20.7 Å². The van der Waals surface area contributed by atoms with Crippen molar-refractivity contribution in [3.05, 3.63) is 60.2 Å². The summed E-state index contributed by atoms with van der Waals surface area (Å²) >= 11 is 0. The second-order valence-corrected chi connectivity index (χ2v) is 7.81. The molecule has 3 N–H and O–H groups in total. The number of rotatable bonds is 9. The summed E-state index contributed by atoms with van der Waals surface area (Å²) in [5, 5.41) is 9.76. The first-order valence-electron chi connectivity index (χ1n) is 9.63. The molecule has 0 saturated heterocycles. The summed E-state index contributed by atoms with van der Waals surface area (Å²) in [5.41, 5.74) is 8.42. The number of ether oxygens (including phenoxy) is 1. The van der Waals surface area contributed by atoms with Crippen LogP contribution in [0.3, 0.4) is 0 Å². The number of carbonyl (C=O) groups excluding carboxylic acids is 2. The van der Waals surface area contributed by atoms with Gasteiger partial charge in [0.25, 0.3) is 5.91 Å². The van der Waals surface area contributed by atoms with Crippen molar-refractivity contribution in [1.29, 1.82) is 0 Å². The largest absolute Gasteiger partial charge is 0.455 e. The van der Waals surface area contributed by atoms with E-state index in [0.717, 1.165) is 16.7 Å². The molecule has 6 heteroatoms. The molecular weight excluding hydrogens is 368 g/mol. The quantitative estimate of drug-likeness (QED) is 0.632. The van der Waals surface area contributed by atoms with E-state index in [4.69, 9.17) is 10.5 Å². The first-order valence-corrected chi connectivity index (χ1v) is 9.63. The second-order valence-electron chi connectivity index (χ2n) is 7.81. The number of hydrogen-bond donors (Lipinski definition) is 2. The van der Waals surface area contributed by atoms with Gasteiger partial charge in [-0.1, -0.05) is 54.6 Å². The highest BCUT2D eigenvalue weighted by molar-refractivity contribution is 5.82. The normalized spacial score (nSPS) is 14.0. The number of benzene rings is 2. The van der Waals surface area contributed by atoms with E-state index in [9.17, 15) is 14.7 Å². The van der Waals surface area contributed by atoms with Crippen LogP contribution in [0.2, 0.25) is 0 Å². The molecule has 2 rings (SSSR count). The molecule has 0 aliphatic carbocycles. The standard InChI is InChI=1S/C23H30N2O4/c1-23(16-26,22(28)29-15-21(27)25(2)3)14-20(24)13-17-9-11-19(12-10-17)18-7-5-4-6-8-18/h4-12,20,26H,13-16,24H2,1-3H3/t20-,23+/m1/s1. The lowest BCUT2D eigenvalue weighted by atomic mass is 9.83. The molecule has 0 heterocycles. The van der Waals surface area contributed by atoms with Crippen molar-refractivity contribution in [3.8, 4) is 11.1 Å². The predicted octanol–water partition coefficient (Wildman–Crippen LogP) is 2.24. The van der Waals surface area contributed by atoms with Gasteiger partial charge in [-0.3, -0.25) is 9.59 Å². The van der Waals surface area contributed by atoms with Crippen LogP contribution in [0.1, 0.15) is 18.9 Å². The Morgan fingerprint density at radius 3 is 2.21 bits per heavy atom. The monoisotopic (exact) mass is 398 g/mol. The summed E-state index contributed by atoms with van der Waals surface area (Å²) in [7, 11) is 3.17. The first kappa shape index (κ1) is 22.6. The lowest BCUT2D eigenvalue weighted by molar-refractivity contribution is -0.162. The minimum atomic E-state index is -1.16. The molecule has 2 aromatic rings. The van der Waals surface area contributed by atoms with Gasteiger partial charge in [0.2, 0.25) is 0 Å². The van der Waals surface area contributed by atoms with Crippen LogP contribution < -0.4 is 5.73 Å². The SMILES string of the molecule is CN(C)C(=O)COC(=O)[C@](C)(CO)C[C@H](N)Cc1ccc(-c2ccccc2)cc1. The van der Waals surface area contributed by atoms with Gasteiger partial charge in [-0.15, -0.1) is 0 Å². The predicted molar refractivity (Wildman–Crippen MR) is 113 cm³/mol. The average molecular weight is 399 g/mol. The molecule has 0 aromatic heterocycles. The molecule has 2 aromatic carbocycles. The van der Waals surface area contributed by atoms with Crippen LogP contribution in [0, 0.1) is 5.41 Å². The van der Waals surface area contributed by atoms with E-state index in [-0.39, 0.29) is 25.0 Å². The molecule has 156 valence electrons. The fourth-order valence-electron chi connectivity index (χ4n) is 3.06. The zero-order valence-corrected chi connectivity index (χ0v) is 17.3. The van der Waals surface area contributed by atoms with E-state index < -0.39 is 18.0 Å². The van der Waals surface area contributed by atoms with Gasteiger partial charge in [-0.2, -0.15) is 0 Å². The average Bonchev–Trinajstić information content (AvgIpc) is 2.72. The Balaban J connectivity index is 1.95. The number of aliphatic hydroxyl groups is 1. The fraction of sp³-hybridized carbons (Fsp3) is 0.391. The van der Waals surface area contributed by atoms with Gasteiger partial charge in [-0.25, -0.2) is 0 Å². The lowest BCUT2D eigenvalue weighted by Gasteiger charge is -2.28. The number of nitrogens with zero attached hydrogens (tertiary/aromatic N) is 1. The lowest BCUT2D eigenvalue weighted by Crippen LogP contribution is -2.41. The summed E-state index contributed by atoms with van der Waals surface area (Å²) in [5.74, 6) is -0.938. The number of hydrogen-bond acceptors (Lipinski definition) is 5. The number of aliphatic hydroxyl groups excluding tert-OH is 1. The third-order valence-electron chi connectivity index (χ3n) is 4.94. The minimum Gasteiger partial charge on any atom is -0.455 e. The van der Waals surface area contributed by atoms with Gasteiger partial charge in [0.15, 0.2) is 6.61 Å². The summed E-state index contributed by atoms with van der Waals surface area (Å²) in [6.07, 6.45) is 0.813.